The minimum Gasteiger partial charge on any atom is -0.398 e. The van der Waals surface area contributed by atoms with Gasteiger partial charge in [0.05, 0.1) is 22.9 Å². The van der Waals surface area contributed by atoms with Crippen LogP contribution in [0, 0.1) is 0 Å². The number of aromatic nitrogens is 4. The van der Waals surface area contributed by atoms with Crippen LogP contribution >= 0.6 is 11.6 Å². The Morgan fingerprint density at radius 3 is 2.79 bits per heavy atom. The summed E-state index contributed by atoms with van der Waals surface area (Å²) >= 11 is 6.03. The van der Waals surface area contributed by atoms with Gasteiger partial charge in [-0.3, -0.25) is 0 Å². The Kier molecular flexibility index (Phi) is 3.73. The number of anilines is 1. The topological polar surface area (TPSA) is 78.8 Å². The van der Waals surface area contributed by atoms with Gasteiger partial charge in [-0.1, -0.05) is 11.6 Å². The van der Waals surface area contributed by atoms with E-state index in [1.165, 1.54) is 0 Å². The normalized spacial score (nSPS) is 11.8. The van der Waals surface area contributed by atoms with Gasteiger partial charge in [-0.15, -0.1) is 5.10 Å². The van der Waals surface area contributed by atoms with Crippen LogP contribution in [0.1, 0.15) is 13.8 Å². The molecule has 2 aromatic rings. The van der Waals surface area contributed by atoms with Crippen LogP contribution < -0.4 is 5.73 Å². The van der Waals surface area contributed by atoms with Crippen LogP contribution in [-0.4, -0.2) is 33.9 Å². The summed E-state index contributed by atoms with van der Waals surface area (Å²) in [4.78, 5) is 0. The molecule has 1 aromatic heterocycles. The van der Waals surface area contributed by atoms with E-state index in [4.69, 9.17) is 22.1 Å². The number of ether oxygens (including phenoxy) is 1. The number of nitrogens with zero attached hydrogens (tertiary/aromatic N) is 4. The molecular formula is C12H16ClN5O. The molecule has 7 heteroatoms. The molecule has 0 fully saturated rings. The van der Waals surface area contributed by atoms with Crippen LogP contribution in [0.3, 0.4) is 0 Å². The first-order valence-corrected chi connectivity index (χ1v) is 6.16. The van der Waals surface area contributed by atoms with Crippen LogP contribution in [0.5, 0.6) is 0 Å². The molecule has 2 N–H and O–H groups in total. The Labute approximate surface area is 116 Å². The fourth-order valence-corrected chi connectivity index (χ4v) is 2.04. The van der Waals surface area contributed by atoms with Gasteiger partial charge >= 0.3 is 0 Å². The highest BCUT2D eigenvalue weighted by Gasteiger charge is 2.26. The summed E-state index contributed by atoms with van der Waals surface area (Å²) in [6.45, 7) is 4.48. The molecule has 0 aliphatic carbocycles. The van der Waals surface area contributed by atoms with E-state index in [9.17, 15) is 0 Å². The molecule has 19 heavy (non-hydrogen) atoms. The highest BCUT2D eigenvalue weighted by atomic mass is 35.5. The van der Waals surface area contributed by atoms with E-state index in [0.29, 0.717) is 23.1 Å². The Bertz CT molecular complexity index is 581. The molecule has 0 bridgehead atoms. The molecule has 2 rings (SSSR count). The number of rotatable bonds is 4. The van der Waals surface area contributed by atoms with E-state index in [1.54, 1.807) is 23.9 Å². The number of hydrogen-bond donors (Lipinski definition) is 1. The number of hydrogen-bond acceptors (Lipinski definition) is 5. The van der Waals surface area contributed by atoms with Gasteiger partial charge in [-0.2, -0.15) is 0 Å². The van der Waals surface area contributed by atoms with E-state index < -0.39 is 0 Å². The van der Waals surface area contributed by atoms with Crippen molar-refractivity contribution in [1.29, 1.82) is 0 Å². The molecule has 0 atom stereocenters. The summed E-state index contributed by atoms with van der Waals surface area (Å²) < 4.78 is 6.92. The molecule has 0 unspecified atom stereocenters. The average molecular weight is 282 g/mol. The second-order valence-electron chi connectivity index (χ2n) is 4.90. The van der Waals surface area contributed by atoms with E-state index in [2.05, 4.69) is 15.5 Å². The molecule has 0 saturated heterocycles. The van der Waals surface area contributed by atoms with Crippen molar-refractivity contribution < 1.29 is 4.74 Å². The maximum Gasteiger partial charge on any atom is 0.182 e. The zero-order valence-electron chi connectivity index (χ0n) is 11.1. The molecule has 0 amide bonds. The monoisotopic (exact) mass is 281 g/mol. The van der Waals surface area contributed by atoms with Gasteiger partial charge in [0, 0.05) is 12.7 Å². The van der Waals surface area contributed by atoms with Crippen LogP contribution in [-0.2, 0) is 10.3 Å². The quantitative estimate of drug-likeness (QED) is 0.867. The van der Waals surface area contributed by atoms with Crippen LogP contribution in [0.25, 0.3) is 11.4 Å². The highest BCUT2D eigenvalue weighted by Crippen LogP contribution is 2.28. The molecule has 0 spiro atoms. The van der Waals surface area contributed by atoms with Crippen LogP contribution in [0.15, 0.2) is 18.2 Å². The number of nitrogen functional groups attached to an aromatic ring is 1. The second kappa shape index (κ2) is 5.14. The predicted octanol–water partition coefficient (Wildman–Crippen LogP) is 1.96. The third-order valence-corrected chi connectivity index (χ3v) is 3.13. The predicted molar refractivity (Wildman–Crippen MR) is 73.9 cm³/mol. The molecule has 0 saturated carbocycles. The lowest BCUT2D eigenvalue weighted by molar-refractivity contribution is 0.101. The number of halogens is 1. The molecule has 0 radical (unpaired) electrons. The first-order valence-electron chi connectivity index (χ1n) is 5.79. The smallest absolute Gasteiger partial charge is 0.182 e. The van der Waals surface area contributed by atoms with Gasteiger partial charge in [0.2, 0.25) is 0 Å². The number of nitrogens with two attached hydrogens (primary N) is 1. The molecule has 102 valence electrons. The first kappa shape index (κ1) is 13.8. The van der Waals surface area contributed by atoms with Crippen molar-refractivity contribution in [2.45, 2.75) is 19.4 Å². The Balaban J connectivity index is 2.47. The van der Waals surface area contributed by atoms with Gasteiger partial charge in [0.15, 0.2) is 5.82 Å². The fourth-order valence-electron chi connectivity index (χ4n) is 1.86. The van der Waals surface area contributed by atoms with Gasteiger partial charge in [0.25, 0.3) is 0 Å². The van der Waals surface area contributed by atoms with E-state index in [1.807, 2.05) is 19.9 Å². The zero-order chi connectivity index (χ0) is 14.0. The van der Waals surface area contributed by atoms with Crippen molar-refractivity contribution in [2.24, 2.45) is 0 Å². The van der Waals surface area contributed by atoms with E-state index >= 15 is 0 Å². The first-order chi connectivity index (χ1) is 8.95. The fraction of sp³-hybridized carbons (Fsp3) is 0.417. The van der Waals surface area contributed by atoms with Crippen molar-refractivity contribution in [1.82, 2.24) is 20.2 Å². The van der Waals surface area contributed by atoms with Crippen LogP contribution in [0.4, 0.5) is 5.69 Å². The maximum absolute atomic E-state index is 6.03. The Morgan fingerprint density at radius 2 is 2.16 bits per heavy atom. The van der Waals surface area contributed by atoms with Gasteiger partial charge in [-0.05, 0) is 42.5 Å². The van der Waals surface area contributed by atoms with Gasteiger partial charge in [-0.25, -0.2) is 4.68 Å². The lowest BCUT2D eigenvalue weighted by Gasteiger charge is -2.24. The maximum atomic E-state index is 6.03. The summed E-state index contributed by atoms with van der Waals surface area (Å²) in [5.74, 6) is 0.629. The standard InChI is InChI=1S/C12H16ClN5O/c1-12(2,7-19-3)18-11(15-16-17-18)8-4-5-10(14)9(13)6-8/h4-6H,7,14H2,1-3H3. The third kappa shape index (κ3) is 2.69. The Morgan fingerprint density at radius 1 is 1.42 bits per heavy atom. The summed E-state index contributed by atoms with van der Waals surface area (Å²) in [7, 11) is 1.64. The van der Waals surface area contributed by atoms with Crippen molar-refractivity contribution in [3.8, 4) is 11.4 Å². The summed E-state index contributed by atoms with van der Waals surface area (Å²) in [5.41, 5.74) is 6.69. The summed E-state index contributed by atoms with van der Waals surface area (Å²) in [6.07, 6.45) is 0. The molecule has 0 aliphatic heterocycles. The Hall–Kier alpha value is -1.66. The third-order valence-electron chi connectivity index (χ3n) is 2.80. The molecule has 6 nitrogen and oxygen atoms in total. The average Bonchev–Trinajstić information content (AvgIpc) is 2.82. The summed E-state index contributed by atoms with van der Waals surface area (Å²) in [5, 5.41) is 12.3. The highest BCUT2D eigenvalue weighted by molar-refractivity contribution is 6.33. The second-order valence-corrected chi connectivity index (χ2v) is 5.30. The largest absolute Gasteiger partial charge is 0.398 e. The zero-order valence-corrected chi connectivity index (χ0v) is 11.8. The SMILES string of the molecule is COCC(C)(C)n1nnnc1-c1ccc(N)c(Cl)c1. The van der Waals surface area contributed by atoms with E-state index in [-0.39, 0.29) is 5.54 Å². The minimum atomic E-state index is -0.360. The lowest BCUT2D eigenvalue weighted by atomic mass is 10.1. The lowest BCUT2D eigenvalue weighted by Crippen LogP contribution is -2.33. The van der Waals surface area contributed by atoms with Crippen molar-refractivity contribution in [2.75, 3.05) is 19.5 Å². The van der Waals surface area contributed by atoms with E-state index in [0.717, 1.165) is 5.56 Å². The molecule has 1 aromatic carbocycles. The molecular weight excluding hydrogens is 266 g/mol. The van der Waals surface area contributed by atoms with Crippen molar-refractivity contribution >= 4 is 17.3 Å². The van der Waals surface area contributed by atoms with Crippen molar-refractivity contribution in [3.05, 3.63) is 23.2 Å². The van der Waals surface area contributed by atoms with Crippen molar-refractivity contribution in [3.63, 3.8) is 0 Å². The van der Waals surface area contributed by atoms with Crippen LogP contribution in [0.2, 0.25) is 5.02 Å². The molecule has 1 heterocycles. The minimum absolute atomic E-state index is 0.360. The number of benzene rings is 1. The van der Waals surface area contributed by atoms with Gasteiger partial charge in [0.1, 0.15) is 0 Å². The summed E-state index contributed by atoms with van der Waals surface area (Å²) in [6, 6.07) is 5.33. The number of tetrazole rings is 1. The number of methoxy groups -OCH3 is 1. The van der Waals surface area contributed by atoms with Gasteiger partial charge < -0.3 is 10.5 Å². The molecule has 0 aliphatic rings.